The van der Waals surface area contributed by atoms with Gasteiger partial charge in [0.1, 0.15) is 6.61 Å². The van der Waals surface area contributed by atoms with E-state index in [4.69, 9.17) is 27.8 Å². The molecule has 1 saturated heterocycles. The van der Waals surface area contributed by atoms with E-state index in [1.807, 2.05) is 30.3 Å². The number of carbonyl (C=O) groups excluding carboxylic acids is 2. The monoisotopic (exact) mass is 446 g/mol. The number of rotatable bonds is 7. The van der Waals surface area contributed by atoms with Crippen LogP contribution in [-0.4, -0.2) is 47.1 Å². The van der Waals surface area contributed by atoms with Crippen molar-refractivity contribution in [1.29, 1.82) is 0 Å². The van der Waals surface area contributed by atoms with E-state index in [2.05, 4.69) is 30.9 Å². The minimum absolute atomic E-state index is 0.0483. The molecular formula is C19H23ClN8O3. The Labute approximate surface area is 183 Å². The van der Waals surface area contributed by atoms with Crippen molar-refractivity contribution in [3.63, 3.8) is 0 Å². The third kappa shape index (κ3) is 6.44. The van der Waals surface area contributed by atoms with Crippen LogP contribution < -0.4 is 27.4 Å². The highest BCUT2D eigenvalue weighted by Crippen LogP contribution is 2.18. The number of nitrogens with one attached hydrogen (secondary N) is 3. The number of anilines is 2. The first-order valence-electron chi connectivity index (χ1n) is 9.59. The number of nitrogens with two attached hydrogens (primary N) is 2. The Morgan fingerprint density at radius 2 is 2.00 bits per heavy atom. The molecule has 0 bridgehead atoms. The van der Waals surface area contributed by atoms with Crippen LogP contribution in [0.2, 0.25) is 5.15 Å². The van der Waals surface area contributed by atoms with Gasteiger partial charge in [0.25, 0.3) is 0 Å². The first-order valence-corrected chi connectivity index (χ1v) is 9.96. The smallest absolute Gasteiger partial charge is 0.407 e. The second kappa shape index (κ2) is 10.4. The van der Waals surface area contributed by atoms with Crippen LogP contribution in [0.4, 0.5) is 16.4 Å². The van der Waals surface area contributed by atoms with Crippen LogP contribution in [0.3, 0.4) is 0 Å². The van der Waals surface area contributed by atoms with Crippen LogP contribution in [-0.2, 0) is 11.3 Å². The minimum Gasteiger partial charge on any atom is -0.445 e. The van der Waals surface area contributed by atoms with E-state index in [-0.39, 0.29) is 35.1 Å². The topological polar surface area (TPSA) is 170 Å². The summed E-state index contributed by atoms with van der Waals surface area (Å²) < 4.78 is 5.16. The molecule has 11 nitrogen and oxygen atoms in total. The van der Waals surface area contributed by atoms with Gasteiger partial charge in [0.2, 0.25) is 0 Å². The lowest BCUT2D eigenvalue weighted by atomic mass is 10.2. The van der Waals surface area contributed by atoms with Crippen molar-refractivity contribution >= 4 is 41.2 Å². The molecule has 1 atom stereocenters. The number of aliphatic imine (C=N–C) groups is 1. The van der Waals surface area contributed by atoms with E-state index in [1.54, 1.807) is 0 Å². The predicted octanol–water partition coefficient (Wildman–Crippen LogP) is 1.06. The van der Waals surface area contributed by atoms with Crippen LogP contribution >= 0.6 is 11.6 Å². The molecular weight excluding hydrogens is 424 g/mol. The molecule has 7 N–H and O–H groups in total. The summed E-state index contributed by atoms with van der Waals surface area (Å²) in [5.74, 6) is -0.584. The molecule has 31 heavy (non-hydrogen) atoms. The van der Waals surface area contributed by atoms with Crippen molar-refractivity contribution in [2.75, 3.05) is 24.6 Å². The second-order valence-electron chi connectivity index (χ2n) is 6.75. The third-order valence-electron chi connectivity index (χ3n) is 4.39. The molecule has 164 valence electrons. The van der Waals surface area contributed by atoms with Gasteiger partial charge < -0.3 is 32.2 Å². The van der Waals surface area contributed by atoms with Gasteiger partial charge in [-0.1, -0.05) is 41.9 Å². The van der Waals surface area contributed by atoms with E-state index in [0.29, 0.717) is 25.5 Å². The summed E-state index contributed by atoms with van der Waals surface area (Å²) >= 11 is 5.79. The Bertz CT molecular complexity index is 970. The fraction of sp³-hybridized carbons (Fsp3) is 0.316. The van der Waals surface area contributed by atoms with Crippen molar-refractivity contribution in [3.05, 3.63) is 46.7 Å². The predicted molar refractivity (Wildman–Crippen MR) is 116 cm³/mol. The van der Waals surface area contributed by atoms with Gasteiger partial charge in [-0.15, -0.1) is 0 Å². The molecule has 1 aliphatic heterocycles. The highest BCUT2D eigenvalue weighted by molar-refractivity contribution is 6.31. The number of aromatic nitrogens is 2. The first-order chi connectivity index (χ1) is 14.9. The molecule has 0 unspecified atom stereocenters. The molecule has 1 fully saturated rings. The molecule has 2 amide bonds. The summed E-state index contributed by atoms with van der Waals surface area (Å²) in [6.45, 7) is 1.27. The van der Waals surface area contributed by atoms with E-state index in [1.165, 1.54) is 0 Å². The van der Waals surface area contributed by atoms with Crippen LogP contribution in [0, 0.1) is 0 Å². The molecule has 1 aromatic heterocycles. The zero-order chi connectivity index (χ0) is 22.2. The molecule has 0 saturated carbocycles. The maximum absolute atomic E-state index is 12.3. The SMILES string of the molecule is Nc1nc(N)c(C(=O)/N=C2\NC[C@@H](CCCNC(=O)OCc3ccccc3)N2)nc1Cl. The van der Waals surface area contributed by atoms with Crippen LogP contribution in [0.5, 0.6) is 0 Å². The number of halogens is 1. The number of hydrogen-bond donors (Lipinski definition) is 5. The molecule has 12 heteroatoms. The number of ether oxygens (including phenoxy) is 1. The van der Waals surface area contributed by atoms with Gasteiger partial charge in [-0.3, -0.25) is 4.79 Å². The van der Waals surface area contributed by atoms with Gasteiger partial charge >= 0.3 is 12.0 Å². The van der Waals surface area contributed by atoms with E-state index < -0.39 is 12.0 Å². The molecule has 0 radical (unpaired) electrons. The van der Waals surface area contributed by atoms with E-state index in [9.17, 15) is 9.59 Å². The molecule has 1 aromatic carbocycles. The van der Waals surface area contributed by atoms with Crippen molar-refractivity contribution < 1.29 is 14.3 Å². The summed E-state index contributed by atoms with van der Waals surface area (Å²) in [5, 5.41) is 8.70. The number of guanidine groups is 1. The molecule has 2 heterocycles. The summed E-state index contributed by atoms with van der Waals surface area (Å²) in [7, 11) is 0. The highest BCUT2D eigenvalue weighted by Gasteiger charge is 2.21. The maximum atomic E-state index is 12.3. The number of amides is 2. The fourth-order valence-electron chi connectivity index (χ4n) is 2.83. The zero-order valence-corrected chi connectivity index (χ0v) is 17.4. The Kier molecular flexibility index (Phi) is 7.44. The van der Waals surface area contributed by atoms with Crippen molar-refractivity contribution in [2.24, 2.45) is 4.99 Å². The van der Waals surface area contributed by atoms with Gasteiger partial charge in [0.15, 0.2) is 28.4 Å². The van der Waals surface area contributed by atoms with Crippen LogP contribution in [0.15, 0.2) is 35.3 Å². The summed E-state index contributed by atoms with van der Waals surface area (Å²) in [4.78, 5) is 35.5. The summed E-state index contributed by atoms with van der Waals surface area (Å²) in [5.41, 5.74) is 11.9. The lowest BCUT2D eigenvalue weighted by Gasteiger charge is -2.10. The van der Waals surface area contributed by atoms with Gasteiger partial charge in [-0.25, -0.2) is 14.8 Å². The molecule has 1 aliphatic rings. The normalized spacial score (nSPS) is 16.4. The third-order valence-corrected chi connectivity index (χ3v) is 4.67. The van der Waals surface area contributed by atoms with Crippen LogP contribution in [0.1, 0.15) is 28.9 Å². The van der Waals surface area contributed by atoms with Gasteiger partial charge in [-0.05, 0) is 18.4 Å². The average molecular weight is 447 g/mol. The zero-order valence-electron chi connectivity index (χ0n) is 16.6. The van der Waals surface area contributed by atoms with Crippen molar-refractivity contribution in [1.82, 2.24) is 25.9 Å². The van der Waals surface area contributed by atoms with Crippen LogP contribution in [0.25, 0.3) is 0 Å². The number of nitrogens with zero attached hydrogens (tertiary/aromatic N) is 3. The Balaban J connectivity index is 1.38. The maximum Gasteiger partial charge on any atom is 0.407 e. The Morgan fingerprint density at radius 3 is 2.77 bits per heavy atom. The van der Waals surface area contributed by atoms with Gasteiger partial charge in [0.05, 0.1) is 0 Å². The molecule has 0 aliphatic carbocycles. The number of alkyl carbamates (subject to hydrolysis) is 1. The molecule has 2 aromatic rings. The quantitative estimate of drug-likeness (QED) is 0.390. The second-order valence-corrected chi connectivity index (χ2v) is 7.11. The van der Waals surface area contributed by atoms with Crippen molar-refractivity contribution in [3.8, 4) is 0 Å². The first kappa shape index (κ1) is 22.1. The minimum atomic E-state index is -0.689. The van der Waals surface area contributed by atoms with E-state index in [0.717, 1.165) is 12.0 Å². The Morgan fingerprint density at radius 1 is 1.23 bits per heavy atom. The van der Waals surface area contributed by atoms with Crippen molar-refractivity contribution in [2.45, 2.75) is 25.5 Å². The molecule has 0 spiro atoms. The number of hydrogen-bond acceptors (Lipinski definition) is 7. The largest absolute Gasteiger partial charge is 0.445 e. The molecule has 3 rings (SSSR count). The standard InChI is InChI=1S/C19H23ClN8O3/c20-14-16(22)27-15(21)13(26-14)17(29)28-18-24-9-12(25-18)7-4-8-23-19(30)31-10-11-5-2-1-3-6-11/h1-3,5-6,12H,4,7-10H2,(H,23,30)(H4,21,22,27)(H2,24,25,28,29)/t12-/m1/s1. The lowest BCUT2D eigenvalue weighted by Crippen LogP contribution is -2.31. The number of benzene rings is 1. The summed E-state index contributed by atoms with van der Waals surface area (Å²) in [6.07, 6.45) is 0.997. The van der Waals surface area contributed by atoms with E-state index >= 15 is 0 Å². The number of nitrogen functional groups attached to an aromatic ring is 2. The number of carbonyl (C=O) groups is 2. The van der Waals surface area contributed by atoms with Gasteiger partial charge in [0, 0.05) is 19.1 Å². The lowest BCUT2D eigenvalue weighted by molar-refractivity contribution is 0.0998. The summed E-state index contributed by atoms with van der Waals surface area (Å²) in [6, 6.07) is 9.50. The fourth-order valence-corrected chi connectivity index (χ4v) is 2.95. The average Bonchev–Trinajstić information content (AvgIpc) is 3.20. The highest BCUT2D eigenvalue weighted by atomic mass is 35.5. The Hall–Kier alpha value is -3.60. The van der Waals surface area contributed by atoms with Gasteiger partial charge in [-0.2, -0.15) is 4.99 Å².